The van der Waals surface area contributed by atoms with Crippen LogP contribution in [0, 0.1) is 5.92 Å². The van der Waals surface area contributed by atoms with Crippen LogP contribution in [-0.4, -0.2) is 36.0 Å². The fourth-order valence-electron chi connectivity index (χ4n) is 3.56. The van der Waals surface area contributed by atoms with Crippen molar-refractivity contribution in [1.82, 2.24) is 10.2 Å². The molecule has 1 saturated carbocycles. The van der Waals surface area contributed by atoms with Crippen molar-refractivity contribution in [1.29, 1.82) is 0 Å². The van der Waals surface area contributed by atoms with Gasteiger partial charge in [0.1, 0.15) is 0 Å². The molecule has 2 unspecified atom stereocenters. The molecule has 0 spiro atoms. The maximum absolute atomic E-state index is 12.6. The SMILES string of the molecule is CCC1CN(C(=O)CC2CCCCC2)C(CC)CN1. The molecule has 2 fully saturated rings. The summed E-state index contributed by atoms with van der Waals surface area (Å²) in [6.07, 6.45) is 9.55. The Balaban J connectivity index is 1.90. The Labute approximate surface area is 118 Å². The van der Waals surface area contributed by atoms with E-state index >= 15 is 0 Å². The second kappa shape index (κ2) is 7.28. The van der Waals surface area contributed by atoms with Crippen molar-refractivity contribution in [2.24, 2.45) is 5.92 Å². The molecule has 0 radical (unpaired) electrons. The first-order chi connectivity index (χ1) is 9.24. The first kappa shape index (κ1) is 14.8. The summed E-state index contributed by atoms with van der Waals surface area (Å²) in [6, 6.07) is 0.914. The lowest BCUT2D eigenvalue weighted by atomic mass is 9.86. The standard InChI is InChI=1S/C16H30N2O/c1-3-14-12-18(15(4-2)11-17-14)16(19)10-13-8-6-5-7-9-13/h13-15,17H,3-12H2,1-2H3. The Morgan fingerprint density at radius 2 is 1.89 bits per heavy atom. The summed E-state index contributed by atoms with van der Waals surface area (Å²) in [4.78, 5) is 14.8. The highest BCUT2D eigenvalue weighted by Gasteiger charge is 2.30. The van der Waals surface area contributed by atoms with E-state index in [1.807, 2.05) is 0 Å². The normalized spacial score (nSPS) is 29.5. The van der Waals surface area contributed by atoms with Gasteiger partial charge in [0.05, 0.1) is 0 Å². The Bertz CT molecular complexity index is 286. The lowest BCUT2D eigenvalue weighted by Gasteiger charge is -2.40. The molecule has 0 aromatic heterocycles. The van der Waals surface area contributed by atoms with E-state index in [0.717, 1.165) is 32.4 Å². The lowest BCUT2D eigenvalue weighted by molar-refractivity contribution is -0.136. The topological polar surface area (TPSA) is 32.3 Å². The van der Waals surface area contributed by atoms with Gasteiger partial charge in [0.25, 0.3) is 0 Å². The van der Waals surface area contributed by atoms with E-state index in [-0.39, 0.29) is 0 Å². The number of piperazine rings is 1. The molecule has 0 aromatic rings. The third kappa shape index (κ3) is 3.95. The number of carbonyl (C=O) groups excluding carboxylic acids is 1. The van der Waals surface area contributed by atoms with E-state index in [0.29, 0.717) is 23.9 Å². The van der Waals surface area contributed by atoms with Gasteiger partial charge >= 0.3 is 0 Å². The highest BCUT2D eigenvalue weighted by Crippen LogP contribution is 2.27. The molecular weight excluding hydrogens is 236 g/mol. The Kier molecular flexibility index (Phi) is 5.68. The third-order valence-corrected chi connectivity index (χ3v) is 4.97. The Morgan fingerprint density at radius 1 is 1.16 bits per heavy atom. The van der Waals surface area contributed by atoms with E-state index in [2.05, 4.69) is 24.1 Å². The first-order valence-electron chi connectivity index (χ1n) is 8.27. The average Bonchev–Trinajstić information content (AvgIpc) is 2.47. The summed E-state index contributed by atoms with van der Waals surface area (Å²) < 4.78 is 0. The van der Waals surface area contributed by atoms with Crippen molar-refractivity contribution in [3.05, 3.63) is 0 Å². The van der Waals surface area contributed by atoms with Crippen LogP contribution in [0.4, 0.5) is 0 Å². The number of hydrogen-bond acceptors (Lipinski definition) is 2. The highest BCUT2D eigenvalue weighted by atomic mass is 16.2. The van der Waals surface area contributed by atoms with Gasteiger partial charge in [-0.05, 0) is 31.6 Å². The van der Waals surface area contributed by atoms with E-state index in [9.17, 15) is 4.79 Å². The predicted octanol–water partition coefficient (Wildman–Crippen LogP) is 2.95. The van der Waals surface area contributed by atoms with Gasteiger partial charge in [-0.25, -0.2) is 0 Å². The molecule has 2 rings (SSSR count). The van der Waals surface area contributed by atoms with Crippen LogP contribution in [-0.2, 0) is 4.79 Å². The molecule has 1 saturated heterocycles. The monoisotopic (exact) mass is 266 g/mol. The van der Waals surface area contributed by atoms with Crippen LogP contribution in [0.15, 0.2) is 0 Å². The van der Waals surface area contributed by atoms with Crippen LogP contribution >= 0.6 is 0 Å². The van der Waals surface area contributed by atoms with Gasteiger partial charge in [0, 0.05) is 31.6 Å². The zero-order valence-electron chi connectivity index (χ0n) is 12.7. The van der Waals surface area contributed by atoms with Gasteiger partial charge in [0.15, 0.2) is 0 Å². The molecular formula is C16H30N2O. The second-order valence-corrected chi connectivity index (χ2v) is 6.33. The van der Waals surface area contributed by atoms with Crippen LogP contribution in [0.25, 0.3) is 0 Å². The summed E-state index contributed by atoms with van der Waals surface area (Å²) in [5, 5.41) is 3.56. The van der Waals surface area contributed by atoms with Crippen LogP contribution in [0.3, 0.4) is 0 Å². The number of rotatable bonds is 4. The van der Waals surface area contributed by atoms with Gasteiger partial charge in [-0.1, -0.05) is 33.1 Å². The van der Waals surface area contributed by atoms with E-state index < -0.39 is 0 Å². The van der Waals surface area contributed by atoms with E-state index in [1.54, 1.807) is 0 Å². The zero-order chi connectivity index (χ0) is 13.7. The summed E-state index contributed by atoms with van der Waals surface area (Å²) in [7, 11) is 0. The maximum Gasteiger partial charge on any atom is 0.223 e. The summed E-state index contributed by atoms with van der Waals surface area (Å²) >= 11 is 0. The molecule has 1 heterocycles. The van der Waals surface area contributed by atoms with Crippen molar-refractivity contribution in [3.8, 4) is 0 Å². The van der Waals surface area contributed by atoms with E-state index in [1.165, 1.54) is 32.1 Å². The molecule has 1 aliphatic carbocycles. The molecule has 1 aliphatic heterocycles. The molecule has 3 heteroatoms. The maximum atomic E-state index is 12.6. The molecule has 1 amide bonds. The van der Waals surface area contributed by atoms with Crippen molar-refractivity contribution in [2.45, 2.75) is 77.3 Å². The fourth-order valence-corrected chi connectivity index (χ4v) is 3.56. The van der Waals surface area contributed by atoms with Gasteiger partial charge < -0.3 is 10.2 Å². The van der Waals surface area contributed by atoms with Crippen LogP contribution in [0.1, 0.15) is 65.2 Å². The summed E-state index contributed by atoms with van der Waals surface area (Å²) in [5.41, 5.74) is 0. The molecule has 110 valence electrons. The molecule has 0 bridgehead atoms. The number of carbonyl (C=O) groups is 1. The fraction of sp³-hybridized carbons (Fsp3) is 0.938. The summed E-state index contributed by atoms with van der Waals surface area (Å²) in [6.45, 7) is 6.29. The van der Waals surface area contributed by atoms with Gasteiger partial charge in [0.2, 0.25) is 5.91 Å². The van der Waals surface area contributed by atoms with Crippen molar-refractivity contribution in [2.75, 3.05) is 13.1 Å². The largest absolute Gasteiger partial charge is 0.337 e. The Morgan fingerprint density at radius 3 is 2.53 bits per heavy atom. The second-order valence-electron chi connectivity index (χ2n) is 6.33. The average molecular weight is 266 g/mol. The minimum atomic E-state index is 0.415. The molecule has 0 aromatic carbocycles. The smallest absolute Gasteiger partial charge is 0.223 e. The minimum Gasteiger partial charge on any atom is -0.337 e. The molecule has 2 atom stereocenters. The molecule has 1 N–H and O–H groups in total. The molecule has 2 aliphatic rings. The lowest BCUT2D eigenvalue weighted by Crippen LogP contribution is -2.58. The van der Waals surface area contributed by atoms with Crippen molar-refractivity contribution in [3.63, 3.8) is 0 Å². The summed E-state index contributed by atoms with van der Waals surface area (Å²) in [5.74, 6) is 1.08. The van der Waals surface area contributed by atoms with Gasteiger partial charge in [-0.3, -0.25) is 4.79 Å². The predicted molar refractivity (Wildman–Crippen MR) is 79.1 cm³/mol. The number of amides is 1. The number of hydrogen-bond donors (Lipinski definition) is 1. The van der Waals surface area contributed by atoms with Crippen molar-refractivity contribution >= 4 is 5.91 Å². The molecule has 3 nitrogen and oxygen atoms in total. The minimum absolute atomic E-state index is 0.415. The zero-order valence-corrected chi connectivity index (χ0v) is 12.7. The molecule has 19 heavy (non-hydrogen) atoms. The van der Waals surface area contributed by atoms with E-state index in [4.69, 9.17) is 0 Å². The highest BCUT2D eigenvalue weighted by molar-refractivity contribution is 5.77. The third-order valence-electron chi connectivity index (χ3n) is 4.97. The van der Waals surface area contributed by atoms with Crippen molar-refractivity contribution < 1.29 is 4.79 Å². The van der Waals surface area contributed by atoms with Crippen LogP contribution in [0.2, 0.25) is 0 Å². The number of nitrogens with one attached hydrogen (secondary N) is 1. The van der Waals surface area contributed by atoms with Gasteiger partial charge in [-0.15, -0.1) is 0 Å². The first-order valence-corrected chi connectivity index (χ1v) is 8.27. The quantitative estimate of drug-likeness (QED) is 0.848. The number of nitrogens with zero attached hydrogens (tertiary/aromatic N) is 1. The van der Waals surface area contributed by atoms with Gasteiger partial charge in [-0.2, -0.15) is 0 Å². The van der Waals surface area contributed by atoms with Crippen LogP contribution < -0.4 is 5.32 Å². The Hall–Kier alpha value is -0.570. The van der Waals surface area contributed by atoms with Crippen LogP contribution in [0.5, 0.6) is 0 Å².